The van der Waals surface area contributed by atoms with Crippen molar-refractivity contribution >= 4 is 17.4 Å². The Bertz CT molecular complexity index is 727. The zero-order valence-corrected chi connectivity index (χ0v) is 11.2. The fourth-order valence-electron chi connectivity index (χ4n) is 1.73. The molecule has 0 saturated carbocycles. The van der Waals surface area contributed by atoms with Crippen LogP contribution in [-0.4, -0.2) is 14.5 Å². The molecule has 100 valence electrons. The zero-order valence-electron chi connectivity index (χ0n) is 10.4. The highest BCUT2D eigenvalue weighted by atomic mass is 35.5. The lowest BCUT2D eigenvalue weighted by Crippen LogP contribution is -1.92. The third-order valence-electron chi connectivity index (χ3n) is 2.67. The van der Waals surface area contributed by atoms with Crippen molar-refractivity contribution in [2.75, 3.05) is 5.73 Å². The maximum Gasteiger partial charge on any atom is 0.219 e. The van der Waals surface area contributed by atoms with Crippen molar-refractivity contribution in [2.45, 2.75) is 0 Å². The molecular formula is C14H11ClN4O. The average Bonchev–Trinajstić information content (AvgIpc) is 2.89. The fourth-order valence-corrected chi connectivity index (χ4v) is 1.95. The molecule has 6 heteroatoms. The Morgan fingerprint density at radius 2 is 2.05 bits per heavy atom. The van der Waals surface area contributed by atoms with Gasteiger partial charge in [-0.05, 0) is 24.3 Å². The summed E-state index contributed by atoms with van der Waals surface area (Å²) >= 11 is 6.22. The van der Waals surface area contributed by atoms with Crippen LogP contribution in [0.4, 0.5) is 5.82 Å². The van der Waals surface area contributed by atoms with Gasteiger partial charge in [0, 0.05) is 18.0 Å². The summed E-state index contributed by atoms with van der Waals surface area (Å²) in [6, 6.07) is 10.9. The smallest absolute Gasteiger partial charge is 0.219 e. The molecule has 0 radical (unpaired) electrons. The van der Waals surface area contributed by atoms with Gasteiger partial charge >= 0.3 is 0 Å². The molecule has 0 atom stereocenters. The molecule has 2 aromatic heterocycles. The van der Waals surface area contributed by atoms with E-state index in [9.17, 15) is 0 Å². The fraction of sp³-hybridized carbons (Fsp3) is 0. The molecule has 3 aromatic rings. The first-order valence-corrected chi connectivity index (χ1v) is 6.28. The van der Waals surface area contributed by atoms with Gasteiger partial charge in [0.25, 0.3) is 0 Å². The second kappa shape index (κ2) is 5.22. The third kappa shape index (κ3) is 2.57. The normalized spacial score (nSPS) is 10.4. The molecular weight excluding hydrogens is 276 g/mol. The van der Waals surface area contributed by atoms with E-state index in [-0.39, 0.29) is 0 Å². The van der Waals surface area contributed by atoms with Crippen molar-refractivity contribution in [1.29, 1.82) is 0 Å². The van der Waals surface area contributed by atoms with Gasteiger partial charge in [-0.15, -0.1) is 0 Å². The summed E-state index contributed by atoms with van der Waals surface area (Å²) in [4.78, 5) is 8.06. The number of nitrogens with zero attached hydrogens (tertiary/aromatic N) is 3. The average molecular weight is 287 g/mol. The molecule has 3 rings (SSSR count). The lowest BCUT2D eigenvalue weighted by molar-refractivity contribution is 0.463. The predicted molar refractivity (Wildman–Crippen MR) is 77.3 cm³/mol. The van der Waals surface area contributed by atoms with E-state index in [1.54, 1.807) is 41.5 Å². The molecule has 2 N–H and O–H groups in total. The minimum absolute atomic E-state index is 0.454. The lowest BCUT2D eigenvalue weighted by atomic mass is 10.3. The lowest BCUT2D eigenvalue weighted by Gasteiger charge is -2.08. The van der Waals surface area contributed by atoms with E-state index in [0.29, 0.717) is 22.5 Å². The standard InChI is InChI=1S/C14H11ClN4O/c15-11-7-10(19-8-13(16)18-9-19)4-5-12(11)20-14-3-1-2-6-17-14/h1-9H,16H2. The van der Waals surface area contributed by atoms with E-state index in [1.807, 2.05) is 18.2 Å². The number of hydrogen-bond acceptors (Lipinski definition) is 4. The molecule has 0 aliphatic heterocycles. The maximum atomic E-state index is 6.22. The van der Waals surface area contributed by atoms with Crippen LogP contribution in [0, 0.1) is 0 Å². The van der Waals surface area contributed by atoms with Crippen LogP contribution in [0.3, 0.4) is 0 Å². The van der Waals surface area contributed by atoms with Gasteiger partial charge in [0.15, 0.2) is 0 Å². The van der Waals surface area contributed by atoms with Crippen molar-refractivity contribution < 1.29 is 4.74 Å². The van der Waals surface area contributed by atoms with Crippen molar-refractivity contribution in [1.82, 2.24) is 14.5 Å². The predicted octanol–water partition coefficient (Wildman–Crippen LogP) is 3.30. The molecule has 0 bridgehead atoms. The Labute approximate surface area is 120 Å². The summed E-state index contributed by atoms with van der Waals surface area (Å²) in [7, 11) is 0. The number of hydrogen-bond donors (Lipinski definition) is 1. The topological polar surface area (TPSA) is 66.0 Å². The van der Waals surface area contributed by atoms with Gasteiger partial charge in [0.05, 0.1) is 11.2 Å². The number of anilines is 1. The number of nitrogens with two attached hydrogens (primary N) is 1. The number of pyridine rings is 1. The SMILES string of the molecule is Nc1cn(-c2ccc(Oc3ccccn3)c(Cl)c2)cn1. The summed E-state index contributed by atoms with van der Waals surface area (Å²) in [6.45, 7) is 0. The summed E-state index contributed by atoms with van der Waals surface area (Å²) in [5, 5.41) is 0.487. The van der Waals surface area contributed by atoms with Gasteiger partial charge in [-0.1, -0.05) is 17.7 Å². The van der Waals surface area contributed by atoms with E-state index in [4.69, 9.17) is 22.1 Å². The molecule has 2 heterocycles. The second-order valence-electron chi connectivity index (χ2n) is 4.09. The van der Waals surface area contributed by atoms with E-state index in [0.717, 1.165) is 5.69 Å². The summed E-state index contributed by atoms with van der Waals surface area (Å²) < 4.78 is 7.40. The van der Waals surface area contributed by atoms with Crippen LogP contribution >= 0.6 is 11.6 Å². The first-order valence-electron chi connectivity index (χ1n) is 5.90. The minimum Gasteiger partial charge on any atom is -0.437 e. The highest BCUT2D eigenvalue weighted by molar-refractivity contribution is 6.32. The molecule has 0 amide bonds. The van der Waals surface area contributed by atoms with Crippen LogP contribution in [-0.2, 0) is 0 Å². The van der Waals surface area contributed by atoms with E-state index in [2.05, 4.69) is 9.97 Å². The van der Waals surface area contributed by atoms with Crippen LogP contribution in [0.2, 0.25) is 5.02 Å². The van der Waals surface area contributed by atoms with Crippen LogP contribution in [0.15, 0.2) is 55.1 Å². The Balaban J connectivity index is 1.88. The van der Waals surface area contributed by atoms with E-state index < -0.39 is 0 Å². The number of aromatic nitrogens is 3. The van der Waals surface area contributed by atoms with Crippen molar-refractivity contribution in [3.63, 3.8) is 0 Å². The van der Waals surface area contributed by atoms with E-state index >= 15 is 0 Å². The molecule has 0 saturated heterocycles. The number of imidazole rings is 1. The van der Waals surface area contributed by atoms with Crippen LogP contribution in [0.5, 0.6) is 11.6 Å². The number of nitrogen functional groups attached to an aromatic ring is 1. The molecule has 0 spiro atoms. The highest BCUT2D eigenvalue weighted by Gasteiger charge is 2.06. The Kier molecular flexibility index (Phi) is 3.26. The van der Waals surface area contributed by atoms with Gasteiger partial charge in [0.1, 0.15) is 17.9 Å². The largest absolute Gasteiger partial charge is 0.437 e. The molecule has 0 fully saturated rings. The van der Waals surface area contributed by atoms with Crippen molar-refractivity contribution in [3.05, 3.63) is 60.1 Å². The van der Waals surface area contributed by atoms with Gasteiger partial charge in [0.2, 0.25) is 5.88 Å². The van der Waals surface area contributed by atoms with Crippen LogP contribution in [0.1, 0.15) is 0 Å². The highest BCUT2D eigenvalue weighted by Crippen LogP contribution is 2.30. The van der Waals surface area contributed by atoms with Crippen molar-refractivity contribution in [3.8, 4) is 17.3 Å². The molecule has 1 aromatic carbocycles. The van der Waals surface area contributed by atoms with Crippen molar-refractivity contribution in [2.24, 2.45) is 0 Å². The van der Waals surface area contributed by atoms with Gasteiger partial charge in [-0.2, -0.15) is 0 Å². The second-order valence-corrected chi connectivity index (χ2v) is 4.50. The Morgan fingerprint density at radius 3 is 2.70 bits per heavy atom. The molecule has 0 unspecified atom stereocenters. The third-order valence-corrected chi connectivity index (χ3v) is 2.96. The minimum atomic E-state index is 0.454. The van der Waals surface area contributed by atoms with Gasteiger partial charge < -0.3 is 15.0 Å². The Morgan fingerprint density at radius 1 is 1.15 bits per heavy atom. The molecule has 0 aliphatic carbocycles. The van der Waals surface area contributed by atoms with Gasteiger partial charge in [-0.25, -0.2) is 9.97 Å². The van der Waals surface area contributed by atoms with E-state index in [1.165, 1.54) is 0 Å². The Hall–Kier alpha value is -2.53. The first kappa shape index (κ1) is 12.5. The molecule has 0 aliphatic rings. The number of halogens is 1. The summed E-state index contributed by atoms with van der Waals surface area (Å²) in [6.07, 6.45) is 5.00. The van der Waals surface area contributed by atoms with Gasteiger partial charge in [-0.3, -0.25) is 0 Å². The number of rotatable bonds is 3. The van der Waals surface area contributed by atoms with Crippen LogP contribution < -0.4 is 10.5 Å². The maximum absolute atomic E-state index is 6.22. The summed E-state index contributed by atoms with van der Waals surface area (Å²) in [5.74, 6) is 1.49. The summed E-state index contributed by atoms with van der Waals surface area (Å²) in [5.41, 5.74) is 6.44. The monoisotopic (exact) mass is 286 g/mol. The van der Waals surface area contributed by atoms with Crippen LogP contribution in [0.25, 0.3) is 5.69 Å². The zero-order chi connectivity index (χ0) is 13.9. The molecule has 5 nitrogen and oxygen atoms in total. The number of benzene rings is 1. The quantitative estimate of drug-likeness (QED) is 0.802. The first-order chi connectivity index (χ1) is 9.72. The molecule has 20 heavy (non-hydrogen) atoms. The number of ether oxygens (including phenoxy) is 1.